The lowest BCUT2D eigenvalue weighted by Gasteiger charge is -2.07. The Kier molecular flexibility index (Phi) is 3.61. The number of carbonyl (C=O) groups excluding carboxylic acids is 1. The van der Waals surface area contributed by atoms with Gasteiger partial charge in [-0.2, -0.15) is 5.26 Å². The highest BCUT2D eigenvalue weighted by atomic mass is 35.5. The molecule has 0 spiro atoms. The van der Waals surface area contributed by atoms with Crippen LogP contribution in [0.4, 0.5) is 0 Å². The lowest BCUT2D eigenvalue weighted by atomic mass is 10.2. The van der Waals surface area contributed by atoms with E-state index in [2.05, 4.69) is 0 Å². The molecule has 0 amide bonds. The second-order valence-corrected chi connectivity index (χ2v) is 3.92. The largest absolute Gasteiger partial charge is 0.456 e. The van der Waals surface area contributed by atoms with Crippen molar-refractivity contribution in [2.45, 2.75) is 0 Å². The molecule has 0 aliphatic heterocycles. The van der Waals surface area contributed by atoms with E-state index in [1.54, 1.807) is 42.5 Å². The van der Waals surface area contributed by atoms with Gasteiger partial charge in [0.1, 0.15) is 17.6 Å². The number of carbonyl (C=O) groups is 1. The molecule has 0 N–H and O–H groups in total. The van der Waals surface area contributed by atoms with Crippen LogP contribution >= 0.6 is 11.6 Å². The van der Waals surface area contributed by atoms with Gasteiger partial charge in [-0.1, -0.05) is 23.7 Å². The Morgan fingerprint density at radius 2 is 2.00 bits per heavy atom. The lowest BCUT2D eigenvalue weighted by Crippen LogP contribution is -1.89. The first-order valence-electron chi connectivity index (χ1n) is 5.16. The van der Waals surface area contributed by atoms with Crippen LogP contribution in [-0.2, 0) is 0 Å². The van der Waals surface area contributed by atoms with Crippen molar-refractivity contribution in [1.29, 1.82) is 5.26 Å². The van der Waals surface area contributed by atoms with Gasteiger partial charge in [-0.3, -0.25) is 4.79 Å². The van der Waals surface area contributed by atoms with Crippen molar-refractivity contribution < 1.29 is 9.53 Å². The third-order valence-corrected chi connectivity index (χ3v) is 2.66. The molecule has 3 nitrogen and oxygen atoms in total. The first-order valence-corrected chi connectivity index (χ1v) is 5.54. The van der Waals surface area contributed by atoms with E-state index < -0.39 is 0 Å². The summed E-state index contributed by atoms with van der Waals surface area (Å²) < 4.78 is 5.56. The van der Waals surface area contributed by atoms with E-state index >= 15 is 0 Å². The summed E-state index contributed by atoms with van der Waals surface area (Å²) in [6.45, 7) is 0. The third-order valence-electron chi connectivity index (χ3n) is 2.33. The van der Waals surface area contributed by atoms with Crippen molar-refractivity contribution in [2.24, 2.45) is 0 Å². The molecular formula is C14H8ClNO2. The van der Waals surface area contributed by atoms with Gasteiger partial charge < -0.3 is 4.74 Å². The van der Waals surface area contributed by atoms with E-state index in [0.29, 0.717) is 33.9 Å². The van der Waals surface area contributed by atoms with Crippen LogP contribution < -0.4 is 4.74 Å². The maximum Gasteiger partial charge on any atom is 0.151 e. The van der Waals surface area contributed by atoms with Crippen LogP contribution in [0.1, 0.15) is 15.9 Å². The first-order chi connectivity index (χ1) is 8.74. The predicted octanol–water partition coefficient (Wildman–Crippen LogP) is 3.82. The topological polar surface area (TPSA) is 50.1 Å². The van der Waals surface area contributed by atoms with Gasteiger partial charge in [0.15, 0.2) is 6.29 Å². The number of hydrogen-bond donors (Lipinski definition) is 0. The van der Waals surface area contributed by atoms with Crippen molar-refractivity contribution in [3.63, 3.8) is 0 Å². The van der Waals surface area contributed by atoms with Crippen molar-refractivity contribution in [2.75, 3.05) is 0 Å². The minimum atomic E-state index is 0.317. The van der Waals surface area contributed by atoms with Gasteiger partial charge in [0, 0.05) is 11.6 Å². The third kappa shape index (κ3) is 2.50. The van der Waals surface area contributed by atoms with Crippen LogP contribution in [0.25, 0.3) is 0 Å². The minimum Gasteiger partial charge on any atom is -0.456 e. The number of nitrogens with zero attached hydrogens (tertiary/aromatic N) is 1. The molecule has 18 heavy (non-hydrogen) atoms. The Labute approximate surface area is 109 Å². The molecule has 2 aromatic carbocycles. The molecule has 0 bridgehead atoms. The Bertz CT molecular complexity index is 632. The molecule has 88 valence electrons. The average Bonchev–Trinajstić information content (AvgIpc) is 2.39. The molecule has 0 saturated carbocycles. The molecule has 4 heteroatoms. The summed E-state index contributed by atoms with van der Waals surface area (Å²) in [5.74, 6) is 0.934. The fourth-order valence-electron chi connectivity index (χ4n) is 1.44. The fraction of sp³-hybridized carbons (Fsp3) is 0. The zero-order valence-corrected chi connectivity index (χ0v) is 10.0. The van der Waals surface area contributed by atoms with Crippen LogP contribution in [0.15, 0.2) is 42.5 Å². The predicted molar refractivity (Wildman–Crippen MR) is 68.1 cm³/mol. The number of halogens is 1. The highest BCUT2D eigenvalue weighted by molar-refractivity contribution is 6.33. The van der Waals surface area contributed by atoms with E-state index in [9.17, 15) is 4.79 Å². The van der Waals surface area contributed by atoms with Crippen molar-refractivity contribution in [3.05, 3.63) is 58.6 Å². The number of aldehydes is 1. The van der Waals surface area contributed by atoms with E-state index in [1.165, 1.54) is 0 Å². The molecule has 0 unspecified atom stereocenters. The summed E-state index contributed by atoms with van der Waals surface area (Å²) in [5, 5.41) is 9.25. The Morgan fingerprint density at radius 1 is 1.22 bits per heavy atom. The smallest absolute Gasteiger partial charge is 0.151 e. The molecule has 2 rings (SSSR count). The molecule has 0 aliphatic rings. The SMILES string of the molecule is N#Cc1ccccc1Oc1ccc(C=O)c(Cl)c1. The van der Waals surface area contributed by atoms with E-state index in [0.717, 1.165) is 0 Å². The first kappa shape index (κ1) is 12.2. The van der Waals surface area contributed by atoms with Crippen LogP contribution in [0, 0.1) is 11.3 Å². The lowest BCUT2D eigenvalue weighted by molar-refractivity contribution is 0.112. The van der Waals surface area contributed by atoms with Crippen molar-refractivity contribution in [3.8, 4) is 17.6 Å². The van der Waals surface area contributed by atoms with Gasteiger partial charge in [-0.25, -0.2) is 0 Å². The number of ether oxygens (including phenoxy) is 1. The van der Waals surface area contributed by atoms with Crippen LogP contribution in [0.2, 0.25) is 5.02 Å². The van der Waals surface area contributed by atoms with Crippen LogP contribution in [0.5, 0.6) is 11.5 Å². The fourth-order valence-corrected chi connectivity index (χ4v) is 1.66. The monoisotopic (exact) mass is 257 g/mol. The molecule has 0 aromatic heterocycles. The van der Waals surface area contributed by atoms with Crippen molar-refractivity contribution >= 4 is 17.9 Å². The van der Waals surface area contributed by atoms with Gasteiger partial charge in [-0.15, -0.1) is 0 Å². The molecule has 2 aromatic rings. The molecule has 0 aliphatic carbocycles. The van der Waals surface area contributed by atoms with E-state index in [4.69, 9.17) is 21.6 Å². The maximum atomic E-state index is 10.6. The summed E-state index contributed by atoms with van der Waals surface area (Å²) in [7, 11) is 0. The van der Waals surface area contributed by atoms with Gasteiger partial charge >= 0.3 is 0 Å². The number of hydrogen-bond acceptors (Lipinski definition) is 3. The minimum absolute atomic E-state index is 0.317. The Balaban J connectivity index is 2.32. The van der Waals surface area contributed by atoms with E-state index in [-0.39, 0.29) is 0 Å². The van der Waals surface area contributed by atoms with Gasteiger partial charge in [-0.05, 0) is 24.3 Å². The summed E-state index contributed by atoms with van der Waals surface area (Å²) in [6.07, 6.45) is 0.676. The molecular weight excluding hydrogens is 250 g/mol. The number of benzene rings is 2. The summed E-state index contributed by atoms with van der Waals surface area (Å²) in [6, 6.07) is 13.7. The van der Waals surface area contributed by atoms with Crippen molar-refractivity contribution in [1.82, 2.24) is 0 Å². The normalized spacial score (nSPS) is 9.56. The number of rotatable bonds is 3. The molecule has 0 saturated heterocycles. The highest BCUT2D eigenvalue weighted by Gasteiger charge is 2.05. The highest BCUT2D eigenvalue weighted by Crippen LogP contribution is 2.28. The Morgan fingerprint density at radius 3 is 2.67 bits per heavy atom. The second kappa shape index (κ2) is 5.35. The summed E-state index contributed by atoms with van der Waals surface area (Å²) in [5.41, 5.74) is 0.839. The quantitative estimate of drug-likeness (QED) is 0.786. The summed E-state index contributed by atoms with van der Waals surface area (Å²) in [4.78, 5) is 10.6. The van der Waals surface area contributed by atoms with Gasteiger partial charge in [0.2, 0.25) is 0 Å². The maximum absolute atomic E-state index is 10.6. The van der Waals surface area contributed by atoms with Crippen LogP contribution in [0.3, 0.4) is 0 Å². The van der Waals surface area contributed by atoms with Gasteiger partial charge in [0.05, 0.1) is 10.6 Å². The van der Waals surface area contributed by atoms with E-state index in [1.807, 2.05) is 6.07 Å². The van der Waals surface area contributed by atoms with Gasteiger partial charge in [0.25, 0.3) is 0 Å². The number of nitriles is 1. The standard InChI is InChI=1S/C14H8ClNO2/c15-13-7-12(6-5-11(13)9-17)18-14-4-2-1-3-10(14)8-16/h1-7,9H. The Hall–Kier alpha value is -2.31. The molecule has 0 heterocycles. The molecule has 0 atom stereocenters. The zero-order valence-electron chi connectivity index (χ0n) is 9.26. The number of para-hydroxylation sites is 1. The van der Waals surface area contributed by atoms with Crippen LogP contribution in [-0.4, -0.2) is 6.29 Å². The summed E-state index contributed by atoms with van der Waals surface area (Å²) >= 11 is 5.89. The molecule has 0 fully saturated rings. The average molecular weight is 258 g/mol. The molecule has 0 radical (unpaired) electrons. The zero-order chi connectivity index (χ0) is 13.0. The second-order valence-electron chi connectivity index (χ2n) is 3.51.